The van der Waals surface area contributed by atoms with Crippen molar-refractivity contribution in [2.24, 2.45) is 13.0 Å². The van der Waals surface area contributed by atoms with Crippen LogP contribution in [0.5, 0.6) is 0 Å². The Hall–Kier alpha value is -2.69. The van der Waals surface area contributed by atoms with Gasteiger partial charge in [-0.1, -0.05) is 26.0 Å². The van der Waals surface area contributed by atoms with Gasteiger partial charge in [0.25, 0.3) is 5.91 Å². The topological polar surface area (TPSA) is 46.9 Å². The van der Waals surface area contributed by atoms with E-state index in [-0.39, 0.29) is 11.7 Å². The van der Waals surface area contributed by atoms with Crippen LogP contribution in [0.15, 0.2) is 42.5 Å². The molecule has 0 aliphatic rings. The number of carbonyl (C=O) groups is 1. The second-order valence-electron chi connectivity index (χ2n) is 7.02. The summed E-state index contributed by atoms with van der Waals surface area (Å²) < 4.78 is 15.2. The molecule has 26 heavy (non-hydrogen) atoms. The van der Waals surface area contributed by atoms with E-state index in [1.54, 1.807) is 6.07 Å². The van der Waals surface area contributed by atoms with E-state index in [1.165, 1.54) is 17.7 Å². The average Bonchev–Trinajstić information content (AvgIpc) is 2.90. The second-order valence-corrected chi connectivity index (χ2v) is 7.02. The Bertz CT molecular complexity index is 913. The number of hydrogen-bond acceptors (Lipinski definition) is 2. The van der Waals surface area contributed by atoms with Gasteiger partial charge in [-0.05, 0) is 42.2 Å². The van der Waals surface area contributed by atoms with Gasteiger partial charge in [-0.25, -0.2) is 9.37 Å². The molecular formula is C21H24FN3O. The SMILES string of the molecule is CC(C)Cc1ccc(C(=O)NCCc2nc3cc(F)ccc3n2C)cc1. The van der Waals surface area contributed by atoms with Gasteiger partial charge in [0.1, 0.15) is 11.6 Å². The van der Waals surface area contributed by atoms with E-state index in [2.05, 4.69) is 24.1 Å². The van der Waals surface area contributed by atoms with Crippen molar-refractivity contribution in [2.45, 2.75) is 26.7 Å². The summed E-state index contributed by atoms with van der Waals surface area (Å²) in [5.74, 6) is 1.02. The van der Waals surface area contributed by atoms with E-state index < -0.39 is 0 Å². The predicted molar refractivity (Wildman–Crippen MR) is 102 cm³/mol. The minimum absolute atomic E-state index is 0.0918. The Morgan fingerprint density at radius 1 is 1.19 bits per heavy atom. The first-order valence-corrected chi connectivity index (χ1v) is 8.92. The third-order valence-electron chi connectivity index (χ3n) is 4.43. The number of carbonyl (C=O) groups excluding carboxylic acids is 1. The Morgan fingerprint density at radius 2 is 1.92 bits per heavy atom. The zero-order chi connectivity index (χ0) is 18.7. The lowest BCUT2D eigenvalue weighted by atomic mass is 10.0. The molecule has 4 nitrogen and oxygen atoms in total. The van der Waals surface area contributed by atoms with Crippen LogP contribution in [0, 0.1) is 11.7 Å². The molecule has 1 N–H and O–H groups in total. The molecule has 0 saturated carbocycles. The maximum Gasteiger partial charge on any atom is 0.251 e. The highest BCUT2D eigenvalue weighted by Crippen LogP contribution is 2.16. The van der Waals surface area contributed by atoms with E-state index in [4.69, 9.17) is 0 Å². The molecule has 1 aromatic heterocycles. The average molecular weight is 353 g/mol. The molecule has 136 valence electrons. The van der Waals surface area contributed by atoms with Crippen LogP contribution in [-0.2, 0) is 19.9 Å². The van der Waals surface area contributed by atoms with Crippen molar-refractivity contribution in [2.75, 3.05) is 6.54 Å². The summed E-state index contributed by atoms with van der Waals surface area (Å²) in [6, 6.07) is 12.3. The van der Waals surface area contributed by atoms with Crippen LogP contribution in [0.1, 0.15) is 35.6 Å². The van der Waals surface area contributed by atoms with Crippen molar-refractivity contribution < 1.29 is 9.18 Å². The third kappa shape index (κ3) is 4.10. The number of nitrogens with one attached hydrogen (secondary N) is 1. The molecule has 0 fully saturated rings. The number of amides is 1. The fourth-order valence-electron chi connectivity index (χ4n) is 3.10. The minimum atomic E-state index is -0.295. The lowest BCUT2D eigenvalue weighted by Crippen LogP contribution is -2.26. The van der Waals surface area contributed by atoms with Gasteiger partial charge in [0.05, 0.1) is 11.0 Å². The first-order chi connectivity index (χ1) is 12.4. The summed E-state index contributed by atoms with van der Waals surface area (Å²) in [6.45, 7) is 4.83. The molecule has 0 unspecified atom stereocenters. The number of benzene rings is 2. The smallest absolute Gasteiger partial charge is 0.251 e. The number of fused-ring (bicyclic) bond motifs is 1. The summed E-state index contributed by atoms with van der Waals surface area (Å²) in [7, 11) is 1.90. The van der Waals surface area contributed by atoms with E-state index in [1.807, 2.05) is 35.9 Å². The van der Waals surface area contributed by atoms with Gasteiger partial charge < -0.3 is 9.88 Å². The van der Waals surface area contributed by atoms with Crippen LogP contribution in [0.3, 0.4) is 0 Å². The zero-order valence-corrected chi connectivity index (χ0v) is 15.4. The van der Waals surface area contributed by atoms with Crippen LogP contribution >= 0.6 is 0 Å². The maximum atomic E-state index is 13.3. The van der Waals surface area contributed by atoms with Crippen molar-refractivity contribution >= 4 is 16.9 Å². The second kappa shape index (κ2) is 7.68. The molecule has 1 heterocycles. The third-order valence-corrected chi connectivity index (χ3v) is 4.43. The van der Waals surface area contributed by atoms with Crippen LogP contribution in [-0.4, -0.2) is 22.0 Å². The van der Waals surface area contributed by atoms with Crippen LogP contribution in [0.25, 0.3) is 11.0 Å². The molecular weight excluding hydrogens is 329 g/mol. The normalized spacial score (nSPS) is 11.3. The number of rotatable bonds is 6. The van der Waals surface area contributed by atoms with Gasteiger partial charge in [-0.2, -0.15) is 0 Å². The summed E-state index contributed by atoms with van der Waals surface area (Å²) in [5, 5.41) is 2.92. The fourth-order valence-corrected chi connectivity index (χ4v) is 3.10. The molecule has 1 amide bonds. The van der Waals surface area contributed by atoms with Gasteiger partial charge >= 0.3 is 0 Å². The van der Waals surface area contributed by atoms with Crippen LogP contribution in [0.4, 0.5) is 4.39 Å². The lowest BCUT2D eigenvalue weighted by Gasteiger charge is -2.08. The molecule has 0 aliphatic heterocycles. The molecule has 0 radical (unpaired) electrons. The van der Waals surface area contributed by atoms with E-state index in [0.29, 0.717) is 30.0 Å². The monoisotopic (exact) mass is 353 g/mol. The summed E-state index contributed by atoms with van der Waals surface area (Å²) in [4.78, 5) is 16.7. The number of hydrogen-bond donors (Lipinski definition) is 1. The zero-order valence-electron chi connectivity index (χ0n) is 15.4. The van der Waals surface area contributed by atoms with E-state index >= 15 is 0 Å². The predicted octanol–water partition coefficient (Wildman–Crippen LogP) is 3.88. The Balaban J connectivity index is 1.59. The van der Waals surface area contributed by atoms with E-state index in [9.17, 15) is 9.18 Å². The van der Waals surface area contributed by atoms with Crippen molar-refractivity contribution in [1.82, 2.24) is 14.9 Å². The first-order valence-electron chi connectivity index (χ1n) is 8.92. The molecule has 0 saturated heterocycles. The van der Waals surface area contributed by atoms with Crippen molar-refractivity contribution in [3.63, 3.8) is 0 Å². The number of aryl methyl sites for hydroxylation is 1. The molecule has 2 aromatic carbocycles. The summed E-state index contributed by atoms with van der Waals surface area (Å²) in [5.41, 5.74) is 3.41. The molecule has 0 spiro atoms. The van der Waals surface area contributed by atoms with Gasteiger partial charge in [0.15, 0.2) is 0 Å². The van der Waals surface area contributed by atoms with Gasteiger partial charge in [0.2, 0.25) is 0 Å². The number of nitrogens with zero attached hydrogens (tertiary/aromatic N) is 2. The standard InChI is InChI=1S/C21H24FN3O/c1-14(2)12-15-4-6-16(7-5-15)21(26)23-11-10-20-24-18-13-17(22)8-9-19(18)25(20)3/h4-9,13-14H,10-12H2,1-3H3,(H,23,26). The highest BCUT2D eigenvalue weighted by molar-refractivity contribution is 5.94. The van der Waals surface area contributed by atoms with Crippen molar-refractivity contribution in [3.8, 4) is 0 Å². The molecule has 0 atom stereocenters. The molecule has 0 bridgehead atoms. The van der Waals surface area contributed by atoms with Crippen LogP contribution in [0.2, 0.25) is 0 Å². The summed E-state index contributed by atoms with van der Waals surface area (Å²) >= 11 is 0. The first kappa shape index (κ1) is 18.1. The number of imidazole rings is 1. The van der Waals surface area contributed by atoms with Crippen LogP contribution < -0.4 is 5.32 Å². The van der Waals surface area contributed by atoms with Crippen molar-refractivity contribution in [3.05, 3.63) is 65.2 Å². The Morgan fingerprint density at radius 3 is 2.62 bits per heavy atom. The Kier molecular flexibility index (Phi) is 5.35. The number of halogens is 1. The molecule has 0 aliphatic carbocycles. The summed E-state index contributed by atoms with van der Waals surface area (Å²) in [6.07, 6.45) is 1.60. The lowest BCUT2D eigenvalue weighted by molar-refractivity contribution is 0.0954. The highest BCUT2D eigenvalue weighted by atomic mass is 19.1. The maximum absolute atomic E-state index is 13.3. The largest absolute Gasteiger partial charge is 0.352 e. The fraction of sp³-hybridized carbons (Fsp3) is 0.333. The van der Waals surface area contributed by atoms with Gasteiger partial charge in [0, 0.05) is 31.6 Å². The number of aromatic nitrogens is 2. The minimum Gasteiger partial charge on any atom is -0.352 e. The quantitative estimate of drug-likeness (QED) is 0.731. The van der Waals surface area contributed by atoms with Gasteiger partial charge in [-0.15, -0.1) is 0 Å². The molecule has 3 rings (SSSR count). The van der Waals surface area contributed by atoms with Crippen molar-refractivity contribution in [1.29, 1.82) is 0 Å². The van der Waals surface area contributed by atoms with Gasteiger partial charge in [-0.3, -0.25) is 4.79 Å². The molecule has 5 heteroatoms. The highest BCUT2D eigenvalue weighted by Gasteiger charge is 2.10. The molecule has 3 aromatic rings. The Labute approximate surface area is 153 Å². The van der Waals surface area contributed by atoms with E-state index in [0.717, 1.165) is 17.8 Å².